The van der Waals surface area contributed by atoms with Crippen LogP contribution in [0.4, 0.5) is 0 Å². The first-order chi connectivity index (χ1) is 14.4. The second-order valence-corrected chi connectivity index (χ2v) is 10.2. The van der Waals surface area contributed by atoms with E-state index in [9.17, 15) is 14.7 Å². The summed E-state index contributed by atoms with van der Waals surface area (Å²) < 4.78 is 2.79. The van der Waals surface area contributed by atoms with E-state index >= 15 is 0 Å². The minimum Gasteiger partial charge on any atom is -0.393 e. The van der Waals surface area contributed by atoms with Crippen LogP contribution in [0.3, 0.4) is 0 Å². The molecule has 2 saturated carbocycles. The molecule has 0 unspecified atom stereocenters. The van der Waals surface area contributed by atoms with E-state index in [0.717, 1.165) is 41.2 Å². The van der Waals surface area contributed by atoms with Crippen LogP contribution in [0.5, 0.6) is 0 Å². The Morgan fingerprint density at radius 1 is 1.13 bits per heavy atom. The van der Waals surface area contributed by atoms with E-state index in [1.54, 1.807) is 4.90 Å². The number of fused-ring (bicyclic) bond motifs is 1. The molecule has 1 aliphatic heterocycles. The maximum atomic E-state index is 13.2. The molecule has 0 radical (unpaired) electrons. The molecule has 1 amide bonds. The zero-order chi connectivity index (χ0) is 21.0. The van der Waals surface area contributed by atoms with Gasteiger partial charge in [-0.25, -0.2) is 4.98 Å². The van der Waals surface area contributed by atoms with Crippen LogP contribution < -0.4 is 0 Å². The number of nitrogens with zero attached hydrogens (tertiary/aromatic N) is 3. The van der Waals surface area contributed by atoms with Gasteiger partial charge in [0.2, 0.25) is 0 Å². The van der Waals surface area contributed by atoms with Gasteiger partial charge in [0.1, 0.15) is 5.52 Å². The second kappa shape index (κ2) is 7.75. The average Bonchev–Trinajstić information content (AvgIpc) is 3.53. The van der Waals surface area contributed by atoms with Gasteiger partial charge in [0.25, 0.3) is 5.91 Å². The predicted molar refractivity (Wildman–Crippen MR) is 117 cm³/mol. The number of Topliss-reactive ketones (excluding diaryl/α,β-unsaturated/α-hetero) is 1. The molecule has 3 aliphatic rings. The molecular formula is C23H28BrN3O3. The van der Waals surface area contributed by atoms with Gasteiger partial charge in [-0.2, -0.15) is 0 Å². The van der Waals surface area contributed by atoms with E-state index in [-0.39, 0.29) is 30.3 Å². The number of ketones is 1. The fourth-order valence-corrected chi connectivity index (χ4v) is 5.82. The van der Waals surface area contributed by atoms with E-state index in [1.807, 2.05) is 11.6 Å². The van der Waals surface area contributed by atoms with Crippen molar-refractivity contribution in [2.24, 2.45) is 18.9 Å². The van der Waals surface area contributed by atoms with Crippen LogP contribution in [0.1, 0.15) is 67.0 Å². The first-order valence-electron chi connectivity index (χ1n) is 11.1. The van der Waals surface area contributed by atoms with Crippen molar-refractivity contribution in [3.8, 4) is 0 Å². The summed E-state index contributed by atoms with van der Waals surface area (Å²) in [5.74, 6) is 1.39. The first-order valence-corrected chi connectivity index (χ1v) is 11.9. The number of rotatable bonds is 3. The molecule has 6 nitrogen and oxygen atoms in total. The van der Waals surface area contributed by atoms with Crippen LogP contribution in [0.15, 0.2) is 16.6 Å². The summed E-state index contributed by atoms with van der Waals surface area (Å²) in [6.45, 7) is 0.756. The third-order valence-corrected chi connectivity index (χ3v) is 7.87. The first kappa shape index (κ1) is 20.2. The van der Waals surface area contributed by atoms with Gasteiger partial charge in [-0.1, -0.05) is 0 Å². The molecule has 7 heteroatoms. The third-order valence-electron chi connectivity index (χ3n) is 7.27. The molecule has 1 N–H and O–H groups in total. The largest absolute Gasteiger partial charge is 0.393 e. The van der Waals surface area contributed by atoms with Gasteiger partial charge in [-0.05, 0) is 90.4 Å². The molecular weight excluding hydrogens is 446 g/mol. The van der Waals surface area contributed by atoms with Gasteiger partial charge in [-0.15, -0.1) is 0 Å². The number of carbonyl (C=O) groups excluding carboxylic acids is 2. The van der Waals surface area contributed by atoms with Gasteiger partial charge in [-0.3, -0.25) is 9.59 Å². The van der Waals surface area contributed by atoms with Crippen molar-refractivity contribution < 1.29 is 14.7 Å². The molecule has 1 saturated heterocycles. The Bertz CT molecular complexity index is 1000. The number of halogens is 1. The Morgan fingerprint density at radius 3 is 2.53 bits per heavy atom. The molecule has 1 atom stereocenters. The van der Waals surface area contributed by atoms with E-state index in [2.05, 4.69) is 33.0 Å². The fraction of sp³-hybridized carbons (Fsp3) is 0.609. The highest BCUT2D eigenvalue weighted by Crippen LogP contribution is 2.42. The van der Waals surface area contributed by atoms with Crippen molar-refractivity contribution in [2.45, 2.75) is 57.0 Å². The van der Waals surface area contributed by atoms with Gasteiger partial charge in [0.05, 0.1) is 18.2 Å². The number of aliphatic hydroxyl groups excluding tert-OH is 1. The highest BCUT2D eigenvalue weighted by Gasteiger charge is 2.37. The summed E-state index contributed by atoms with van der Waals surface area (Å²) in [5.41, 5.74) is 3.05. The van der Waals surface area contributed by atoms with Gasteiger partial charge >= 0.3 is 0 Å². The van der Waals surface area contributed by atoms with Crippen LogP contribution in [-0.2, 0) is 11.8 Å². The van der Waals surface area contributed by atoms with Gasteiger partial charge in [0.15, 0.2) is 11.6 Å². The van der Waals surface area contributed by atoms with Crippen molar-refractivity contribution in [3.63, 3.8) is 0 Å². The molecule has 2 aromatic rings. The number of likely N-dealkylation sites (tertiary alicyclic amines) is 1. The monoisotopic (exact) mass is 473 g/mol. The number of benzene rings is 1. The van der Waals surface area contributed by atoms with Gasteiger partial charge < -0.3 is 14.6 Å². The lowest BCUT2D eigenvalue weighted by Crippen LogP contribution is -2.47. The SMILES string of the molecule is Cn1c(C(=O)N2CC[C@H](C3CCC(O)CC3)C(=O)C2)nc2c(Br)cc(C3CC3)cc21. The number of carbonyl (C=O) groups is 2. The van der Waals surface area contributed by atoms with E-state index in [1.165, 1.54) is 18.4 Å². The van der Waals surface area contributed by atoms with Crippen LogP contribution in [0.2, 0.25) is 0 Å². The number of aliphatic hydroxyl groups is 1. The van der Waals surface area contributed by atoms with Crippen molar-refractivity contribution in [3.05, 3.63) is 28.0 Å². The number of aromatic nitrogens is 2. The molecule has 5 rings (SSSR count). The van der Waals surface area contributed by atoms with Crippen molar-refractivity contribution in [1.29, 1.82) is 0 Å². The highest BCUT2D eigenvalue weighted by molar-refractivity contribution is 9.10. The Balaban J connectivity index is 1.34. The van der Waals surface area contributed by atoms with Crippen molar-refractivity contribution >= 4 is 38.7 Å². The van der Waals surface area contributed by atoms with E-state index in [4.69, 9.17) is 0 Å². The van der Waals surface area contributed by atoms with Crippen LogP contribution in [-0.4, -0.2) is 50.4 Å². The Hall–Kier alpha value is -1.73. The number of amides is 1. The topological polar surface area (TPSA) is 75.4 Å². The van der Waals surface area contributed by atoms with E-state index < -0.39 is 0 Å². The summed E-state index contributed by atoms with van der Waals surface area (Å²) >= 11 is 3.63. The Kier molecular flexibility index (Phi) is 5.22. The summed E-state index contributed by atoms with van der Waals surface area (Å²) in [5, 5.41) is 9.74. The minimum absolute atomic E-state index is 0.0252. The zero-order valence-corrected chi connectivity index (χ0v) is 18.9. The maximum absolute atomic E-state index is 13.2. The number of hydrogen-bond donors (Lipinski definition) is 1. The van der Waals surface area contributed by atoms with Crippen molar-refractivity contribution in [1.82, 2.24) is 14.5 Å². The zero-order valence-electron chi connectivity index (χ0n) is 17.3. The standard InChI is InChI=1S/C23H28BrN3O3/c1-26-19-11-15(13-2-3-13)10-18(24)21(19)25-22(26)23(30)27-9-8-17(20(29)12-27)14-4-6-16(28)7-5-14/h10-11,13-14,16-17,28H,2-9,12H2,1H3/t14?,16?,17-/m1/s1. The number of aryl methyl sites for hydroxylation is 1. The lowest BCUT2D eigenvalue weighted by molar-refractivity contribution is -0.128. The molecule has 160 valence electrons. The molecule has 3 fully saturated rings. The maximum Gasteiger partial charge on any atom is 0.290 e. The Morgan fingerprint density at radius 2 is 1.87 bits per heavy atom. The van der Waals surface area contributed by atoms with Crippen molar-refractivity contribution in [2.75, 3.05) is 13.1 Å². The highest BCUT2D eigenvalue weighted by atomic mass is 79.9. The third kappa shape index (κ3) is 3.60. The molecule has 2 aliphatic carbocycles. The number of hydrogen-bond acceptors (Lipinski definition) is 4. The smallest absolute Gasteiger partial charge is 0.290 e. The molecule has 2 heterocycles. The molecule has 1 aromatic heterocycles. The van der Waals surface area contributed by atoms with Crippen LogP contribution >= 0.6 is 15.9 Å². The number of piperidine rings is 1. The van der Waals surface area contributed by atoms with Crippen LogP contribution in [0, 0.1) is 11.8 Å². The molecule has 1 aromatic carbocycles. The summed E-state index contributed by atoms with van der Waals surface area (Å²) in [6.07, 6.45) is 6.34. The molecule has 30 heavy (non-hydrogen) atoms. The summed E-state index contributed by atoms with van der Waals surface area (Å²) in [4.78, 5) is 32.4. The average molecular weight is 474 g/mol. The lowest BCUT2D eigenvalue weighted by atomic mass is 9.74. The quantitative estimate of drug-likeness (QED) is 0.735. The van der Waals surface area contributed by atoms with Crippen LogP contribution in [0.25, 0.3) is 11.0 Å². The second-order valence-electron chi connectivity index (χ2n) is 9.30. The Labute approximate surface area is 184 Å². The summed E-state index contributed by atoms with van der Waals surface area (Å²) in [7, 11) is 1.88. The van der Waals surface area contributed by atoms with E-state index in [0.29, 0.717) is 30.6 Å². The predicted octanol–water partition coefficient (Wildman–Crippen LogP) is 3.80. The summed E-state index contributed by atoms with van der Waals surface area (Å²) in [6, 6.07) is 4.27. The minimum atomic E-state index is -0.213. The lowest BCUT2D eigenvalue weighted by Gasteiger charge is -2.37. The normalized spacial score (nSPS) is 27.6. The fourth-order valence-electron chi connectivity index (χ4n) is 5.27. The number of imidazole rings is 1. The molecule has 0 spiro atoms. The molecule has 0 bridgehead atoms. The van der Waals surface area contributed by atoms with Gasteiger partial charge in [0, 0.05) is 24.0 Å².